The first-order chi connectivity index (χ1) is 11.1. The van der Waals surface area contributed by atoms with E-state index in [4.69, 9.17) is 9.15 Å². The molecule has 1 aliphatic heterocycles. The molecule has 2 rings (SSSR count). The number of amides is 2. The Labute approximate surface area is 136 Å². The third-order valence-electron chi connectivity index (χ3n) is 4.12. The Morgan fingerprint density at radius 3 is 2.70 bits per heavy atom. The fraction of sp³-hybridized carbons (Fsp3) is 0.625. The highest BCUT2D eigenvalue weighted by atomic mass is 16.5. The molecule has 1 aliphatic rings. The van der Waals surface area contributed by atoms with Gasteiger partial charge in [-0.1, -0.05) is 0 Å². The number of furan rings is 1. The van der Waals surface area contributed by atoms with Crippen molar-refractivity contribution in [2.75, 3.05) is 46.4 Å². The predicted molar refractivity (Wildman–Crippen MR) is 85.1 cm³/mol. The molecule has 1 aromatic rings. The van der Waals surface area contributed by atoms with Crippen LogP contribution < -0.4 is 5.32 Å². The Bertz CT molecular complexity index is 495. The molecule has 2 amide bonds. The highest BCUT2D eigenvalue weighted by Gasteiger charge is 2.27. The van der Waals surface area contributed by atoms with Gasteiger partial charge in [0.05, 0.1) is 17.9 Å². The number of methoxy groups -OCH3 is 1. The summed E-state index contributed by atoms with van der Waals surface area (Å²) in [6, 6.07) is 1.48. The van der Waals surface area contributed by atoms with Gasteiger partial charge >= 0.3 is 0 Å². The van der Waals surface area contributed by atoms with Crippen molar-refractivity contribution in [2.24, 2.45) is 0 Å². The first-order valence-corrected chi connectivity index (χ1v) is 7.95. The third kappa shape index (κ3) is 4.80. The minimum Gasteiger partial charge on any atom is -0.472 e. The Morgan fingerprint density at radius 2 is 2.09 bits per heavy atom. The maximum Gasteiger partial charge on any atom is 0.257 e. The van der Waals surface area contributed by atoms with E-state index in [-0.39, 0.29) is 17.9 Å². The molecule has 7 heteroatoms. The molecular formula is C16H25N3O4. The summed E-state index contributed by atoms with van der Waals surface area (Å²) in [6.07, 6.45) is 3.77. The van der Waals surface area contributed by atoms with E-state index < -0.39 is 0 Å². The van der Waals surface area contributed by atoms with Crippen LogP contribution in [0.3, 0.4) is 0 Å². The van der Waals surface area contributed by atoms with Crippen molar-refractivity contribution in [3.63, 3.8) is 0 Å². The van der Waals surface area contributed by atoms with Crippen LogP contribution in [0.2, 0.25) is 0 Å². The van der Waals surface area contributed by atoms with E-state index in [0.29, 0.717) is 44.9 Å². The van der Waals surface area contributed by atoms with E-state index in [1.165, 1.54) is 12.5 Å². The van der Waals surface area contributed by atoms with Crippen molar-refractivity contribution < 1.29 is 18.7 Å². The van der Waals surface area contributed by atoms with Gasteiger partial charge in [-0.2, -0.15) is 0 Å². The summed E-state index contributed by atoms with van der Waals surface area (Å²) in [4.78, 5) is 28.2. The van der Waals surface area contributed by atoms with E-state index in [1.54, 1.807) is 18.1 Å². The van der Waals surface area contributed by atoms with Crippen LogP contribution >= 0.6 is 0 Å². The molecule has 0 spiro atoms. The molecule has 0 aromatic carbocycles. The molecule has 0 bridgehead atoms. The lowest BCUT2D eigenvalue weighted by Crippen LogP contribution is -2.55. The molecule has 1 fully saturated rings. The lowest BCUT2D eigenvalue weighted by molar-refractivity contribution is -0.126. The quantitative estimate of drug-likeness (QED) is 0.743. The molecule has 23 heavy (non-hydrogen) atoms. The summed E-state index contributed by atoms with van der Waals surface area (Å²) in [6.45, 7) is 5.78. The average molecular weight is 323 g/mol. The van der Waals surface area contributed by atoms with Gasteiger partial charge in [0.2, 0.25) is 5.91 Å². The number of carbonyl (C=O) groups is 2. The first kappa shape index (κ1) is 17.5. The fourth-order valence-electron chi connectivity index (χ4n) is 2.62. The Morgan fingerprint density at radius 1 is 1.35 bits per heavy atom. The maximum absolute atomic E-state index is 12.2. The summed E-state index contributed by atoms with van der Waals surface area (Å²) in [5.74, 6) is 0.00536. The van der Waals surface area contributed by atoms with Gasteiger partial charge in [-0.05, 0) is 19.4 Å². The Balaban J connectivity index is 1.75. The van der Waals surface area contributed by atoms with Gasteiger partial charge in [-0.25, -0.2) is 0 Å². The van der Waals surface area contributed by atoms with Crippen LogP contribution in [-0.4, -0.2) is 74.1 Å². The lowest BCUT2D eigenvalue weighted by Gasteiger charge is -2.37. The van der Waals surface area contributed by atoms with E-state index in [1.807, 2.05) is 6.92 Å². The third-order valence-corrected chi connectivity index (χ3v) is 4.12. The van der Waals surface area contributed by atoms with E-state index in [9.17, 15) is 9.59 Å². The number of rotatable bonds is 7. The second-order valence-electron chi connectivity index (χ2n) is 5.65. The van der Waals surface area contributed by atoms with Gasteiger partial charge in [0.1, 0.15) is 6.26 Å². The largest absolute Gasteiger partial charge is 0.472 e. The molecule has 0 radical (unpaired) electrons. The highest BCUT2D eigenvalue weighted by Crippen LogP contribution is 2.11. The lowest BCUT2D eigenvalue weighted by atomic mass is 10.2. The van der Waals surface area contributed by atoms with Crippen molar-refractivity contribution in [1.29, 1.82) is 0 Å². The number of nitrogens with one attached hydrogen (secondary N) is 1. The van der Waals surface area contributed by atoms with E-state index in [0.717, 1.165) is 6.42 Å². The normalized spacial score (nSPS) is 17.0. The molecule has 7 nitrogen and oxygen atoms in total. The van der Waals surface area contributed by atoms with Gasteiger partial charge in [-0.3, -0.25) is 14.5 Å². The van der Waals surface area contributed by atoms with Crippen LogP contribution in [-0.2, 0) is 9.53 Å². The zero-order valence-corrected chi connectivity index (χ0v) is 13.8. The Hall–Kier alpha value is -1.86. The van der Waals surface area contributed by atoms with E-state index >= 15 is 0 Å². The second kappa shape index (κ2) is 8.69. The molecule has 1 N–H and O–H groups in total. The van der Waals surface area contributed by atoms with Gasteiger partial charge in [0, 0.05) is 46.4 Å². The summed E-state index contributed by atoms with van der Waals surface area (Å²) < 4.78 is 9.91. The summed E-state index contributed by atoms with van der Waals surface area (Å²) in [7, 11) is 1.65. The minimum atomic E-state index is -0.191. The fourth-order valence-corrected chi connectivity index (χ4v) is 2.62. The van der Waals surface area contributed by atoms with Gasteiger partial charge in [0.25, 0.3) is 5.91 Å². The van der Waals surface area contributed by atoms with Crippen molar-refractivity contribution in [3.8, 4) is 0 Å². The summed E-state index contributed by atoms with van der Waals surface area (Å²) in [5, 5.41) is 2.92. The SMILES string of the molecule is COCCCNC(=O)C(C)N1CCN(C(=O)c2ccoc2)CC1. The molecule has 1 unspecified atom stereocenters. The monoisotopic (exact) mass is 323 g/mol. The smallest absolute Gasteiger partial charge is 0.257 e. The first-order valence-electron chi connectivity index (χ1n) is 7.95. The van der Waals surface area contributed by atoms with Crippen molar-refractivity contribution >= 4 is 11.8 Å². The topological polar surface area (TPSA) is 75.0 Å². The zero-order valence-electron chi connectivity index (χ0n) is 13.8. The van der Waals surface area contributed by atoms with Crippen molar-refractivity contribution in [2.45, 2.75) is 19.4 Å². The number of piperazine rings is 1. The molecule has 2 heterocycles. The minimum absolute atomic E-state index is 0.0185. The second-order valence-corrected chi connectivity index (χ2v) is 5.65. The van der Waals surface area contributed by atoms with Gasteiger partial charge in [-0.15, -0.1) is 0 Å². The zero-order chi connectivity index (χ0) is 16.7. The van der Waals surface area contributed by atoms with Gasteiger partial charge in [0.15, 0.2) is 0 Å². The molecule has 1 atom stereocenters. The van der Waals surface area contributed by atoms with Crippen molar-refractivity contribution in [1.82, 2.24) is 15.1 Å². The van der Waals surface area contributed by atoms with Crippen LogP contribution in [0, 0.1) is 0 Å². The molecule has 0 saturated carbocycles. The Kier molecular flexibility index (Phi) is 6.61. The van der Waals surface area contributed by atoms with Crippen LogP contribution in [0.5, 0.6) is 0 Å². The van der Waals surface area contributed by atoms with Gasteiger partial charge < -0.3 is 19.4 Å². The molecule has 1 aromatic heterocycles. The molecular weight excluding hydrogens is 298 g/mol. The maximum atomic E-state index is 12.2. The summed E-state index contributed by atoms with van der Waals surface area (Å²) >= 11 is 0. The average Bonchev–Trinajstić information content (AvgIpc) is 3.12. The van der Waals surface area contributed by atoms with Crippen LogP contribution in [0.1, 0.15) is 23.7 Å². The van der Waals surface area contributed by atoms with Crippen LogP contribution in [0.4, 0.5) is 0 Å². The van der Waals surface area contributed by atoms with Crippen molar-refractivity contribution in [3.05, 3.63) is 24.2 Å². The number of hydrogen-bond acceptors (Lipinski definition) is 5. The number of hydrogen-bond donors (Lipinski definition) is 1. The highest BCUT2D eigenvalue weighted by molar-refractivity contribution is 5.93. The van der Waals surface area contributed by atoms with E-state index in [2.05, 4.69) is 10.2 Å². The number of nitrogens with zero attached hydrogens (tertiary/aromatic N) is 2. The number of ether oxygens (including phenoxy) is 1. The molecule has 128 valence electrons. The predicted octanol–water partition coefficient (Wildman–Crippen LogP) is 0.579. The molecule has 0 aliphatic carbocycles. The molecule has 1 saturated heterocycles. The summed E-state index contributed by atoms with van der Waals surface area (Å²) in [5.41, 5.74) is 0.572. The standard InChI is InChI=1S/C16H25N3O4/c1-13(15(20)17-5-3-10-22-2)18-6-8-19(9-7-18)16(21)14-4-11-23-12-14/h4,11-13H,3,5-10H2,1-2H3,(H,17,20). The van der Waals surface area contributed by atoms with Crippen LogP contribution in [0.25, 0.3) is 0 Å². The number of carbonyl (C=O) groups excluding carboxylic acids is 2. The van der Waals surface area contributed by atoms with Crippen LogP contribution in [0.15, 0.2) is 23.0 Å².